The van der Waals surface area contributed by atoms with Gasteiger partial charge in [0.05, 0.1) is 6.61 Å². The third kappa shape index (κ3) is 5.34. The van der Waals surface area contributed by atoms with Crippen LogP contribution < -0.4 is 0 Å². The van der Waals surface area contributed by atoms with E-state index >= 15 is 0 Å². The average molecular weight is 274 g/mol. The topological polar surface area (TPSA) is 12.5 Å². The molecule has 1 aromatic rings. The summed E-state index contributed by atoms with van der Waals surface area (Å²) in [5.74, 6) is -0.291. The quantitative estimate of drug-likeness (QED) is 0.716. The van der Waals surface area contributed by atoms with Gasteiger partial charge >= 0.3 is 0 Å². The van der Waals surface area contributed by atoms with Crippen LogP contribution in [0, 0.1) is 5.82 Å². The SMILES string of the molecule is CCCCN(CCOC)Cc1ccc(F)cc1Cl. The van der Waals surface area contributed by atoms with Crippen molar-refractivity contribution >= 4 is 11.6 Å². The molecule has 0 amide bonds. The molecule has 0 aliphatic heterocycles. The van der Waals surface area contributed by atoms with Crippen LogP contribution >= 0.6 is 11.6 Å². The molecule has 0 N–H and O–H groups in total. The van der Waals surface area contributed by atoms with Crippen LogP contribution in [-0.2, 0) is 11.3 Å². The van der Waals surface area contributed by atoms with Crippen molar-refractivity contribution < 1.29 is 9.13 Å². The smallest absolute Gasteiger partial charge is 0.124 e. The van der Waals surface area contributed by atoms with Crippen LogP contribution in [0.2, 0.25) is 5.02 Å². The molecule has 0 saturated heterocycles. The second-order valence-electron chi connectivity index (χ2n) is 4.36. The van der Waals surface area contributed by atoms with Crippen molar-refractivity contribution in [3.63, 3.8) is 0 Å². The molecule has 0 aromatic heterocycles. The molecule has 1 aromatic carbocycles. The molecule has 0 spiro atoms. The first-order valence-electron chi connectivity index (χ1n) is 6.32. The summed E-state index contributed by atoms with van der Waals surface area (Å²) in [6.07, 6.45) is 2.29. The Hall–Kier alpha value is -0.640. The molecule has 1 rings (SSSR count). The van der Waals surface area contributed by atoms with E-state index in [9.17, 15) is 4.39 Å². The third-order valence-corrected chi connectivity index (χ3v) is 3.20. The normalized spacial score (nSPS) is 11.2. The first-order valence-corrected chi connectivity index (χ1v) is 6.70. The molecular formula is C14H21ClFNO. The van der Waals surface area contributed by atoms with Gasteiger partial charge in [-0.2, -0.15) is 0 Å². The lowest BCUT2D eigenvalue weighted by molar-refractivity contribution is 0.143. The van der Waals surface area contributed by atoms with E-state index in [0.717, 1.165) is 38.0 Å². The molecule has 0 aliphatic rings. The molecule has 0 saturated carbocycles. The van der Waals surface area contributed by atoms with E-state index in [2.05, 4.69) is 11.8 Å². The number of unbranched alkanes of at least 4 members (excludes halogenated alkanes) is 1. The maximum Gasteiger partial charge on any atom is 0.124 e. The second-order valence-corrected chi connectivity index (χ2v) is 4.77. The van der Waals surface area contributed by atoms with Gasteiger partial charge in [0.25, 0.3) is 0 Å². The van der Waals surface area contributed by atoms with E-state index in [1.54, 1.807) is 13.2 Å². The first kappa shape index (κ1) is 15.4. The van der Waals surface area contributed by atoms with Crippen LogP contribution in [0.1, 0.15) is 25.3 Å². The van der Waals surface area contributed by atoms with Gasteiger partial charge in [-0.3, -0.25) is 4.90 Å². The summed E-state index contributed by atoms with van der Waals surface area (Å²) in [5.41, 5.74) is 0.963. The van der Waals surface area contributed by atoms with E-state index in [1.165, 1.54) is 12.1 Å². The van der Waals surface area contributed by atoms with Gasteiger partial charge < -0.3 is 4.74 Å². The molecule has 0 fully saturated rings. The summed E-state index contributed by atoms with van der Waals surface area (Å²) >= 11 is 6.04. The minimum atomic E-state index is -0.291. The lowest BCUT2D eigenvalue weighted by atomic mass is 10.2. The van der Waals surface area contributed by atoms with Crippen LogP contribution in [0.15, 0.2) is 18.2 Å². The van der Waals surface area contributed by atoms with Gasteiger partial charge in [0.1, 0.15) is 5.82 Å². The summed E-state index contributed by atoms with van der Waals surface area (Å²) in [6, 6.07) is 4.57. The highest BCUT2D eigenvalue weighted by atomic mass is 35.5. The highest BCUT2D eigenvalue weighted by Gasteiger charge is 2.08. The Kier molecular flexibility index (Phi) is 7.25. The summed E-state index contributed by atoms with van der Waals surface area (Å²) < 4.78 is 18.1. The van der Waals surface area contributed by atoms with Crippen molar-refractivity contribution in [1.29, 1.82) is 0 Å². The molecule has 2 nitrogen and oxygen atoms in total. The van der Waals surface area contributed by atoms with E-state index < -0.39 is 0 Å². The monoisotopic (exact) mass is 273 g/mol. The summed E-state index contributed by atoms with van der Waals surface area (Å²) in [5, 5.41) is 0.494. The lowest BCUT2D eigenvalue weighted by Gasteiger charge is -2.22. The Bertz CT molecular complexity index is 352. The van der Waals surface area contributed by atoms with Crippen LogP contribution in [0.3, 0.4) is 0 Å². The number of methoxy groups -OCH3 is 1. The molecule has 0 atom stereocenters. The Labute approximate surface area is 114 Å². The van der Waals surface area contributed by atoms with Gasteiger partial charge in [0.2, 0.25) is 0 Å². The first-order chi connectivity index (χ1) is 8.67. The van der Waals surface area contributed by atoms with E-state index in [4.69, 9.17) is 16.3 Å². The Morgan fingerprint density at radius 3 is 2.72 bits per heavy atom. The van der Waals surface area contributed by atoms with Crippen molar-refractivity contribution in [3.05, 3.63) is 34.6 Å². The molecule has 0 aliphatic carbocycles. The minimum Gasteiger partial charge on any atom is -0.383 e. The fourth-order valence-electron chi connectivity index (χ4n) is 1.76. The third-order valence-electron chi connectivity index (χ3n) is 2.85. The molecular weight excluding hydrogens is 253 g/mol. The molecule has 102 valence electrons. The summed E-state index contributed by atoms with van der Waals surface area (Å²) in [4.78, 5) is 2.28. The molecule has 0 unspecified atom stereocenters. The zero-order chi connectivity index (χ0) is 13.4. The van der Waals surface area contributed by atoms with E-state index in [-0.39, 0.29) is 5.82 Å². The summed E-state index contributed by atoms with van der Waals surface area (Å²) in [6.45, 7) is 5.47. The maximum absolute atomic E-state index is 13.0. The number of benzene rings is 1. The number of rotatable bonds is 8. The Balaban J connectivity index is 2.62. The Morgan fingerprint density at radius 1 is 1.33 bits per heavy atom. The number of halogens is 2. The van der Waals surface area contributed by atoms with Gasteiger partial charge in [-0.25, -0.2) is 4.39 Å². The van der Waals surface area contributed by atoms with Crippen LogP contribution in [0.25, 0.3) is 0 Å². The predicted molar refractivity (Wildman–Crippen MR) is 73.5 cm³/mol. The van der Waals surface area contributed by atoms with Crippen molar-refractivity contribution in [2.24, 2.45) is 0 Å². The fourth-order valence-corrected chi connectivity index (χ4v) is 1.99. The Morgan fingerprint density at radius 2 is 2.11 bits per heavy atom. The van der Waals surface area contributed by atoms with Crippen LogP contribution in [0.4, 0.5) is 4.39 Å². The molecule has 0 heterocycles. The standard InChI is InChI=1S/C14H21ClFNO/c1-3-4-7-17(8-9-18-2)11-12-5-6-13(16)10-14(12)15/h5-6,10H,3-4,7-9,11H2,1-2H3. The number of ether oxygens (including phenoxy) is 1. The highest BCUT2D eigenvalue weighted by Crippen LogP contribution is 2.19. The minimum absolute atomic E-state index is 0.291. The van der Waals surface area contributed by atoms with Crippen LogP contribution in [0.5, 0.6) is 0 Å². The molecule has 18 heavy (non-hydrogen) atoms. The highest BCUT2D eigenvalue weighted by molar-refractivity contribution is 6.31. The molecule has 0 radical (unpaired) electrons. The van der Waals surface area contributed by atoms with Gasteiger partial charge in [-0.15, -0.1) is 0 Å². The van der Waals surface area contributed by atoms with Crippen molar-refractivity contribution in [2.75, 3.05) is 26.8 Å². The molecule has 4 heteroatoms. The van der Waals surface area contributed by atoms with Crippen molar-refractivity contribution in [1.82, 2.24) is 4.90 Å². The fraction of sp³-hybridized carbons (Fsp3) is 0.571. The number of nitrogens with zero attached hydrogens (tertiary/aromatic N) is 1. The van der Waals surface area contributed by atoms with Crippen LogP contribution in [-0.4, -0.2) is 31.7 Å². The largest absolute Gasteiger partial charge is 0.383 e. The second kappa shape index (κ2) is 8.46. The summed E-state index contributed by atoms with van der Waals surface area (Å²) in [7, 11) is 1.70. The maximum atomic E-state index is 13.0. The van der Waals surface area contributed by atoms with Gasteiger partial charge in [-0.05, 0) is 30.7 Å². The average Bonchev–Trinajstić information content (AvgIpc) is 2.35. The molecule has 0 bridgehead atoms. The van der Waals surface area contributed by atoms with E-state index in [1.807, 2.05) is 0 Å². The van der Waals surface area contributed by atoms with Crippen molar-refractivity contribution in [3.8, 4) is 0 Å². The van der Waals surface area contributed by atoms with E-state index in [0.29, 0.717) is 11.6 Å². The zero-order valence-corrected chi connectivity index (χ0v) is 11.8. The van der Waals surface area contributed by atoms with Gasteiger partial charge in [-0.1, -0.05) is 31.0 Å². The number of hydrogen-bond acceptors (Lipinski definition) is 2. The van der Waals surface area contributed by atoms with Crippen molar-refractivity contribution in [2.45, 2.75) is 26.3 Å². The lowest BCUT2D eigenvalue weighted by Crippen LogP contribution is -2.28. The predicted octanol–water partition coefficient (Wildman–Crippen LogP) is 3.73. The van der Waals surface area contributed by atoms with Gasteiger partial charge in [0, 0.05) is 25.2 Å². The van der Waals surface area contributed by atoms with Gasteiger partial charge in [0.15, 0.2) is 0 Å². The zero-order valence-electron chi connectivity index (χ0n) is 11.1. The number of hydrogen-bond donors (Lipinski definition) is 0.